The largest absolute Gasteiger partial charge is 0.507 e. The minimum absolute atomic E-state index is 0.127. The van der Waals surface area contributed by atoms with Crippen LogP contribution in [0.25, 0.3) is 5.76 Å². The zero-order valence-corrected chi connectivity index (χ0v) is 18.9. The molecule has 8 nitrogen and oxygen atoms in total. The second-order valence-corrected chi connectivity index (χ2v) is 8.08. The summed E-state index contributed by atoms with van der Waals surface area (Å²) in [6.07, 6.45) is 1.25. The first-order valence-corrected chi connectivity index (χ1v) is 10.5. The van der Waals surface area contributed by atoms with Gasteiger partial charge in [0.05, 0.1) is 30.9 Å². The third-order valence-corrected chi connectivity index (χ3v) is 5.71. The fraction of sp³-hybridized carbons (Fsp3) is 0.192. The van der Waals surface area contributed by atoms with E-state index in [1.165, 1.54) is 18.3 Å². The lowest BCUT2D eigenvalue weighted by Gasteiger charge is -2.24. The Morgan fingerprint density at radius 3 is 2.38 bits per heavy atom. The summed E-state index contributed by atoms with van der Waals surface area (Å²) >= 11 is 0. The minimum Gasteiger partial charge on any atom is -0.507 e. The van der Waals surface area contributed by atoms with Crippen LogP contribution in [-0.4, -0.2) is 35.0 Å². The zero-order chi connectivity index (χ0) is 24.6. The number of anilines is 1. The first-order valence-electron chi connectivity index (χ1n) is 10.5. The topological polar surface area (TPSA) is 117 Å². The molecule has 1 atom stereocenters. The first-order chi connectivity index (χ1) is 16.2. The summed E-state index contributed by atoms with van der Waals surface area (Å²) in [7, 11) is 1.47. The number of carbonyl (C=O) groups excluding carboxylic acids is 2. The lowest BCUT2D eigenvalue weighted by Crippen LogP contribution is -2.29. The highest BCUT2D eigenvalue weighted by atomic mass is 16.5. The molecule has 1 saturated heterocycles. The number of ether oxygens (including phenoxy) is 1. The van der Waals surface area contributed by atoms with Gasteiger partial charge in [0.25, 0.3) is 11.7 Å². The molecule has 1 amide bonds. The van der Waals surface area contributed by atoms with E-state index in [4.69, 9.17) is 14.3 Å². The molecule has 1 unspecified atom stereocenters. The fourth-order valence-corrected chi connectivity index (χ4v) is 4.31. The van der Waals surface area contributed by atoms with Crippen LogP contribution in [0, 0.1) is 13.8 Å². The molecule has 4 rings (SSSR count). The van der Waals surface area contributed by atoms with Gasteiger partial charge in [-0.15, -0.1) is 0 Å². The van der Waals surface area contributed by atoms with Crippen molar-refractivity contribution in [2.45, 2.75) is 26.3 Å². The van der Waals surface area contributed by atoms with E-state index in [-0.39, 0.29) is 17.8 Å². The Labute approximate surface area is 195 Å². The molecule has 2 N–H and O–H groups in total. The van der Waals surface area contributed by atoms with Crippen molar-refractivity contribution in [3.05, 3.63) is 88.4 Å². The number of nitrogens with zero attached hydrogens (tertiary/aromatic N) is 1. The molecule has 0 bridgehead atoms. The summed E-state index contributed by atoms with van der Waals surface area (Å²) in [4.78, 5) is 38.6. The van der Waals surface area contributed by atoms with Crippen molar-refractivity contribution < 1.29 is 33.8 Å². The average Bonchev–Trinajstić information content (AvgIpc) is 3.40. The molecule has 0 spiro atoms. The number of carboxylic acid groups (broad SMARTS) is 1. The second-order valence-electron chi connectivity index (χ2n) is 8.08. The molecule has 1 aromatic heterocycles. The van der Waals surface area contributed by atoms with Gasteiger partial charge in [0, 0.05) is 5.69 Å². The molecular weight excluding hydrogens is 438 g/mol. The predicted octanol–water partition coefficient (Wildman–Crippen LogP) is 4.16. The molecular formula is C26H23NO7. The van der Waals surface area contributed by atoms with Crippen LogP contribution in [0.5, 0.6) is 5.75 Å². The molecule has 0 radical (unpaired) electrons. The number of methoxy groups -OCH3 is 1. The molecule has 2 aromatic carbocycles. The number of carboxylic acids is 1. The highest BCUT2D eigenvalue weighted by molar-refractivity contribution is 6.51. The molecule has 3 aromatic rings. The lowest BCUT2D eigenvalue weighted by atomic mass is 9.96. The fourth-order valence-electron chi connectivity index (χ4n) is 4.31. The van der Waals surface area contributed by atoms with E-state index < -0.39 is 23.7 Å². The Morgan fingerprint density at radius 1 is 1.09 bits per heavy atom. The number of hydrogen-bond donors (Lipinski definition) is 2. The smallest absolute Gasteiger partial charge is 0.307 e. The number of aliphatic hydroxyl groups is 1. The van der Waals surface area contributed by atoms with E-state index in [0.29, 0.717) is 28.3 Å². The highest BCUT2D eigenvalue weighted by Gasteiger charge is 2.48. The van der Waals surface area contributed by atoms with E-state index >= 15 is 0 Å². The second kappa shape index (κ2) is 8.90. The molecule has 1 aliphatic heterocycles. The van der Waals surface area contributed by atoms with E-state index in [1.807, 2.05) is 19.9 Å². The van der Waals surface area contributed by atoms with Gasteiger partial charge in [0.1, 0.15) is 23.3 Å². The standard InChI is InChI=1S/C26H23NO7/c1-14-11-15(2)25(33-3)18(12-14)23(30)21-22(19-5-4-10-34-19)27(26(32)24(21)31)17-8-6-16(7-9-17)13-20(28)29/h4-12,22,30H,13H2,1-3H3,(H,28,29)/b23-21-. The van der Waals surface area contributed by atoms with Gasteiger partial charge in [0.15, 0.2) is 0 Å². The van der Waals surface area contributed by atoms with Gasteiger partial charge < -0.3 is 19.4 Å². The molecule has 34 heavy (non-hydrogen) atoms. The van der Waals surface area contributed by atoms with Crippen LogP contribution in [0.15, 0.2) is 64.8 Å². The number of Topliss-reactive ketones (excluding diaryl/α,β-unsaturated/α-hetero) is 1. The SMILES string of the molecule is COc1c(C)cc(C)cc1/C(O)=C1/C(=O)C(=O)N(c2ccc(CC(=O)O)cc2)C1c1ccco1. The molecule has 0 saturated carbocycles. The Morgan fingerprint density at radius 2 is 1.79 bits per heavy atom. The van der Waals surface area contributed by atoms with E-state index in [1.54, 1.807) is 42.5 Å². The number of aliphatic hydroxyl groups excluding tert-OH is 1. The quantitative estimate of drug-likeness (QED) is 0.322. The maximum Gasteiger partial charge on any atom is 0.307 e. The number of aryl methyl sites for hydroxylation is 2. The number of ketones is 1. The van der Waals surface area contributed by atoms with Crippen LogP contribution >= 0.6 is 0 Å². The number of hydrogen-bond acceptors (Lipinski definition) is 6. The van der Waals surface area contributed by atoms with Gasteiger partial charge in [-0.05, 0) is 60.9 Å². The van der Waals surface area contributed by atoms with Gasteiger partial charge in [-0.25, -0.2) is 0 Å². The van der Waals surface area contributed by atoms with Crippen LogP contribution < -0.4 is 9.64 Å². The third-order valence-electron chi connectivity index (χ3n) is 5.71. The molecule has 2 heterocycles. The number of furan rings is 1. The summed E-state index contributed by atoms with van der Waals surface area (Å²) < 4.78 is 11.0. The number of aliphatic carboxylic acids is 1. The van der Waals surface area contributed by atoms with Crippen LogP contribution in [-0.2, 0) is 20.8 Å². The van der Waals surface area contributed by atoms with E-state index in [9.17, 15) is 19.5 Å². The van der Waals surface area contributed by atoms with E-state index in [0.717, 1.165) is 11.1 Å². The van der Waals surface area contributed by atoms with Gasteiger partial charge in [0.2, 0.25) is 0 Å². The Balaban J connectivity index is 1.90. The summed E-state index contributed by atoms with van der Waals surface area (Å²) in [5.74, 6) is -2.37. The van der Waals surface area contributed by atoms with Crippen LogP contribution in [0.2, 0.25) is 0 Å². The van der Waals surface area contributed by atoms with Gasteiger partial charge in [-0.2, -0.15) is 0 Å². The van der Waals surface area contributed by atoms with Gasteiger partial charge in [-0.3, -0.25) is 19.3 Å². The van der Waals surface area contributed by atoms with Crippen molar-refractivity contribution in [1.29, 1.82) is 0 Å². The molecule has 0 aliphatic carbocycles. The molecule has 1 aliphatic rings. The van der Waals surface area contributed by atoms with Crippen molar-refractivity contribution >= 4 is 29.1 Å². The molecule has 174 valence electrons. The maximum absolute atomic E-state index is 13.2. The van der Waals surface area contributed by atoms with E-state index in [2.05, 4.69) is 0 Å². The summed E-state index contributed by atoms with van der Waals surface area (Å²) in [6.45, 7) is 3.68. The summed E-state index contributed by atoms with van der Waals surface area (Å²) in [5, 5.41) is 20.4. The molecule has 1 fully saturated rings. The Hall–Kier alpha value is -4.33. The number of rotatable bonds is 6. The number of benzene rings is 2. The Bertz CT molecular complexity index is 1300. The van der Waals surface area contributed by atoms with Crippen molar-refractivity contribution in [1.82, 2.24) is 0 Å². The first kappa shape index (κ1) is 22.8. The maximum atomic E-state index is 13.2. The van der Waals surface area contributed by atoms with Crippen molar-refractivity contribution in [2.24, 2.45) is 0 Å². The van der Waals surface area contributed by atoms with Gasteiger partial charge in [-0.1, -0.05) is 18.2 Å². The number of carbonyl (C=O) groups is 3. The average molecular weight is 461 g/mol. The van der Waals surface area contributed by atoms with Crippen LogP contribution in [0.1, 0.15) is 34.1 Å². The zero-order valence-electron chi connectivity index (χ0n) is 18.9. The predicted molar refractivity (Wildman–Crippen MR) is 124 cm³/mol. The van der Waals surface area contributed by atoms with Crippen LogP contribution in [0.3, 0.4) is 0 Å². The van der Waals surface area contributed by atoms with Gasteiger partial charge >= 0.3 is 5.97 Å². The van der Waals surface area contributed by atoms with Crippen molar-refractivity contribution in [3.8, 4) is 5.75 Å². The third kappa shape index (κ3) is 3.94. The summed E-state index contributed by atoms with van der Waals surface area (Å²) in [6, 6.07) is 12.1. The number of amides is 1. The van der Waals surface area contributed by atoms with Crippen LogP contribution in [0.4, 0.5) is 5.69 Å². The Kier molecular flexibility index (Phi) is 5.98. The lowest BCUT2D eigenvalue weighted by molar-refractivity contribution is -0.136. The normalized spacial score (nSPS) is 17.3. The van der Waals surface area contributed by atoms with Crippen molar-refractivity contribution in [2.75, 3.05) is 12.0 Å². The monoisotopic (exact) mass is 461 g/mol. The molecule has 8 heteroatoms. The summed E-state index contributed by atoms with van der Waals surface area (Å²) in [5.41, 5.74) is 2.69. The minimum atomic E-state index is -1.02. The highest BCUT2D eigenvalue weighted by Crippen LogP contribution is 2.44. The van der Waals surface area contributed by atoms with Crippen molar-refractivity contribution in [3.63, 3.8) is 0 Å².